The topological polar surface area (TPSA) is 43.8 Å². The van der Waals surface area contributed by atoms with Crippen LogP contribution in [0.15, 0.2) is 30.5 Å². The third-order valence-electron chi connectivity index (χ3n) is 3.30. The van der Waals surface area contributed by atoms with Crippen molar-refractivity contribution < 1.29 is 14.2 Å². The minimum atomic E-state index is 0.485. The Morgan fingerprint density at radius 1 is 1.05 bits per heavy atom. The van der Waals surface area contributed by atoms with Gasteiger partial charge < -0.3 is 19.1 Å². The first kappa shape index (κ1) is 16.2. The van der Waals surface area contributed by atoms with Crippen LogP contribution < -0.4 is 19.1 Å². The van der Waals surface area contributed by atoms with Gasteiger partial charge in [0, 0.05) is 37.6 Å². The van der Waals surface area contributed by atoms with Crippen molar-refractivity contribution in [2.24, 2.45) is 0 Å². The van der Waals surface area contributed by atoms with Gasteiger partial charge in [0.25, 0.3) is 0 Å². The zero-order valence-corrected chi connectivity index (χ0v) is 13.8. The van der Waals surface area contributed by atoms with Crippen LogP contribution in [0.4, 0.5) is 5.69 Å². The van der Waals surface area contributed by atoms with Gasteiger partial charge in [0.2, 0.25) is 5.75 Å². The SMILES string of the molecule is COc1cc(N(C)Cc2ccc(Cl)nc2)cc(OC)c1OC. The second kappa shape index (κ2) is 7.22. The van der Waals surface area contributed by atoms with E-state index in [0.717, 1.165) is 11.3 Å². The van der Waals surface area contributed by atoms with Crippen molar-refractivity contribution in [2.75, 3.05) is 33.3 Å². The van der Waals surface area contributed by atoms with Crippen LogP contribution in [0, 0.1) is 0 Å². The fraction of sp³-hybridized carbons (Fsp3) is 0.312. The van der Waals surface area contributed by atoms with Gasteiger partial charge in [-0.05, 0) is 11.6 Å². The molecule has 0 saturated heterocycles. The third kappa shape index (κ3) is 3.54. The Morgan fingerprint density at radius 3 is 2.14 bits per heavy atom. The zero-order valence-electron chi connectivity index (χ0n) is 13.1. The van der Waals surface area contributed by atoms with Gasteiger partial charge in [0.15, 0.2) is 11.5 Å². The molecule has 0 fully saturated rings. The zero-order chi connectivity index (χ0) is 16.1. The van der Waals surface area contributed by atoms with Crippen LogP contribution in [0.1, 0.15) is 5.56 Å². The van der Waals surface area contributed by atoms with Crippen molar-refractivity contribution in [3.8, 4) is 17.2 Å². The number of rotatable bonds is 6. The number of methoxy groups -OCH3 is 3. The van der Waals surface area contributed by atoms with Gasteiger partial charge in [-0.15, -0.1) is 0 Å². The molecular weight excluding hydrogens is 304 g/mol. The average molecular weight is 323 g/mol. The molecule has 6 heteroatoms. The molecule has 0 spiro atoms. The highest BCUT2D eigenvalue weighted by Crippen LogP contribution is 2.40. The maximum atomic E-state index is 5.81. The maximum Gasteiger partial charge on any atom is 0.203 e. The molecule has 0 bridgehead atoms. The molecule has 1 aromatic heterocycles. The lowest BCUT2D eigenvalue weighted by molar-refractivity contribution is 0.324. The molecule has 0 aliphatic carbocycles. The van der Waals surface area contributed by atoms with E-state index in [1.54, 1.807) is 33.6 Å². The predicted molar refractivity (Wildman–Crippen MR) is 87.5 cm³/mol. The summed E-state index contributed by atoms with van der Waals surface area (Å²) in [6, 6.07) is 7.54. The van der Waals surface area contributed by atoms with E-state index in [9.17, 15) is 0 Å². The quantitative estimate of drug-likeness (QED) is 0.763. The van der Waals surface area contributed by atoms with Crippen molar-refractivity contribution in [1.29, 1.82) is 0 Å². The summed E-state index contributed by atoms with van der Waals surface area (Å²) in [6.45, 7) is 0.683. The molecule has 0 amide bonds. The normalized spacial score (nSPS) is 10.2. The highest BCUT2D eigenvalue weighted by molar-refractivity contribution is 6.29. The fourth-order valence-electron chi connectivity index (χ4n) is 2.15. The van der Waals surface area contributed by atoms with E-state index in [4.69, 9.17) is 25.8 Å². The summed E-state index contributed by atoms with van der Waals surface area (Å²) in [5, 5.41) is 0.485. The number of hydrogen-bond acceptors (Lipinski definition) is 5. The van der Waals surface area contributed by atoms with Gasteiger partial charge >= 0.3 is 0 Å². The Kier molecular flexibility index (Phi) is 5.33. The van der Waals surface area contributed by atoms with E-state index < -0.39 is 0 Å². The summed E-state index contributed by atoms with van der Waals surface area (Å²) in [6.07, 6.45) is 1.76. The van der Waals surface area contributed by atoms with E-state index >= 15 is 0 Å². The van der Waals surface area contributed by atoms with Crippen LogP contribution in [-0.2, 0) is 6.54 Å². The average Bonchev–Trinajstić information content (AvgIpc) is 2.55. The number of aromatic nitrogens is 1. The first-order valence-electron chi connectivity index (χ1n) is 6.70. The molecule has 0 saturated carbocycles. The number of anilines is 1. The summed E-state index contributed by atoms with van der Waals surface area (Å²) in [5.41, 5.74) is 2.00. The standard InChI is InChI=1S/C16H19ClN2O3/c1-19(10-11-5-6-15(17)18-9-11)12-7-13(20-2)16(22-4)14(8-12)21-3/h5-9H,10H2,1-4H3. The number of pyridine rings is 1. The van der Waals surface area contributed by atoms with Crippen molar-refractivity contribution in [3.63, 3.8) is 0 Å². The summed E-state index contributed by atoms with van der Waals surface area (Å²) in [7, 11) is 6.77. The number of nitrogens with zero attached hydrogens (tertiary/aromatic N) is 2. The van der Waals surface area contributed by atoms with Crippen LogP contribution in [0.5, 0.6) is 17.2 Å². The molecule has 22 heavy (non-hydrogen) atoms. The molecule has 0 atom stereocenters. The van der Waals surface area contributed by atoms with Crippen LogP contribution in [0.25, 0.3) is 0 Å². The van der Waals surface area contributed by atoms with Crippen molar-refractivity contribution in [1.82, 2.24) is 4.98 Å². The number of ether oxygens (including phenoxy) is 3. The van der Waals surface area contributed by atoms with Crippen LogP contribution >= 0.6 is 11.6 Å². The number of hydrogen-bond donors (Lipinski definition) is 0. The molecular formula is C16H19ClN2O3. The number of benzene rings is 1. The van der Waals surface area contributed by atoms with Crippen molar-refractivity contribution in [2.45, 2.75) is 6.54 Å². The Labute approximate surface area is 135 Å². The van der Waals surface area contributed by atoms with Crippen molar-refractivity contribution in [3.05, 3.63) is 41.2 Å². The lowest BCUT2D eigenvalue weighted by atomic mass is 10.2. The number of halogens is 1. The fourth-order valence-corrected chi connectivity index (χ4v) is 2.26. The highest BCUT2D eigenvalue weighted by atomic mass is 35.5. The lowest BCUT2D eigenvalue weighted by Gasteiger charge is -2.22. The summed E-state index contributed by atoms with van der Waals surface area (Å²) >= 11 is 5.81. The van der Waals surface area contributed by atoms with E-state index in [2.05, 4.69) is 9.88 Å². The summed E-state index contributed by atoms with van der Waals surface area (Å²) in [5.74, 6) is 1.83. The monoisotopic (exact) mass is 322 g/mol. The molecule has 0 aliphatic rings. The smallest absolute Gasteiger partial charge is 0.203 e. The molecule has 5 nitrogen and oxygen atoms in total. The Hall–Kier alpha value is -2.14. The van der Waals surface area contributed by atoms with Crippen LogP contribution in [-0.4, -0.2) is 33.4 Å². The summed E-state index contributed by atoms with van der Waals surface area (Å²) < 4.78 is 16.1. The molecule has 1 heterocycles. The second-order valence-corrected chi connectivity index (χ2v) is 5.12. The van der Waals surface area contributed by atoms with E-state index in [1.807, 2.05) is 25.2 Å². The van der Waals surface area contributed by atoms with Crippen LogP contribution in [0.3, 0.4) is 0 Å². The van der Waals surface area contributed by atoms with E-state index in [0.29, 0.717) is 28.9 Å². The molecule has 118 valence electrons. The molecule has 0 aliphatic heterocycles. The predicted octanol–water partition coefficient (Wildman–Crippen LogP) is 3.40. The Balaban J connectivity index is 2.28. The minimum Gasteiger partial charge on any atom is -0.493 e. The molecule has 0 unspecified atom stereocenters. The van der Waals surface area contributed by atoms with E-state index in [1.165, 1.54) is 0 Å². The summed E-state index contributed by atoms with van der Waals surface area (Å²) in [4.78, 5) is 6.15. The van der Waals surface area contributed by atoms with E-state index in [-0.39, 0.29) is 0 Å². The first-order valence-corrected chi connectivity index (χ1v) is 7.08. The van der Waals surface area contributed by atoms with Gasteiger partial charge in [0.1, 0.15) is 5.15 Å². The lowest BCUT2D eigenvalue weighted by Crippen LogP contribution is -2.16. The molecule has 2 rings (SSSR count). The van der Waals surface area contributed by atoms with Crippen molar-refractivity contribution >= 4 is 17.3 Å². The van der Waals surface area contributed by atoms with Gasteiger partial charge in [-0.25, -0.2) is 4.98 Å². The molecule has 1 aromatic carbocycles. The maximum absolute atomic E-state index is 5.81. The minimum absolute atomic E-state index is 0.485. The van der Waals surface area contributed by atoms with Gasteiger partial charge in [-0.3, -0.25) is 0 Å². The molecule has 0 N–H and O–H groups in total. The van der Waals surface area contributed by atoms with Gasteiger partial charge in [-0.2, -0.15) is 0 Å². The van der Waals surface area contributed by atoms with Gasteiger partial charge in [-0.1, -0.05) is 17.7 Å². The van der Waals surface area contributed by atoms with Gasteiger partial charge in [0.05, 0.1) is 21.3 Å². The Morgan fingerprint density at radius 2 is 1.68 bits per heavy atom. The van der Waals surface area contributed by atoms with Crippen LogP contribution in [0.2, 0.25) is 5.15 Å². The third-order valence-corrected chi connectivity index (χ3v) is 3.52. The molecule has 2 aromatic rings. The molecule has 0 radical (unpaired) electrons. The largest absolute Gasteiger partial charge is 0.493 e. The highest BCUT2D eigenvalue weighted by Gasteiger charge is 2.15. The Bertz CT molecular complexity index is 607. The first-order chi connectivity index (χ1) is 10.6. The second-order valence-electron chi connectivity index (χ2n) is 4.73.